The number of anilines is 6. The first-order chi connectivity index (χ1) is 27.2. The minimum absolute atomic E-state index is 0.161. The van der Waals surface area contributed by atoms with Crippen LogP contribution in [0.3, 0.4) is 0 Å². The second-order valence-corrected chi connectivity index (χ2v) is 16.0. The van der Waals surface area contributed by atoms with Crippen LogP contribution in [0.1, 0.15) is 37.5 Å². The van der Waals surface area contributed by atoms with E-state index in [4.69, 9.17) is 0 Å². The molecule has 0 fully saturated rings. The highest BCUT2D eigenvalue weighted by Gasteiger charge is 2.29. The smallest absolute Gasteiger partial charge is 0.0564 e. The molecule has 0 spiro atoms. The maximum absolute atomic E-state index is 2.52. The Balaban J connectivity index is 1.45. The van der Waals surface area contributed by atoms with Gasteiger partial charge in [-0.25, -0.2) is 0 Å². The van der Waals surface area contributed by atoms with Gasteiger partial charge in [0.1, 0.15) is 0 Å². The third kappa shape index (κ3) is 6.48. The van der Waals surface area contributed by atoms with Crippen molar-refractivity contribution >= 4 is 66.4 Å². The van der Waals surface area contributed by atoms with E-state index in [1.54, 1.807) is 0 Å². The molecule has 0 amide bonds. The number of hydrogen-bond acceptors (Lipinski definition) is 2. The van der Waals surface area contributed by atoms with E-state index in [2.05, 4.69) is 232 Å². The van der Waals surface area contributed by atoms with E-state index in [9.17, 15) is 0 Å². The highest BCUT2D eigenvalue weighted by Crippen LogP contribution is 2.52. The maximum atomic E-state index is 2.52. The summed E-state index contributed by atoms with van der Waals surface area (Å²) in [6.07, 6.45) is 0. The van der Waals surface area contributed by atoms with Crippen LogP contribution in [0.25, 0.3) is 43.4 Å². The predicted octanol–water partition coefficient (Wildman–Crippen LogP) is 15.7. The third-order valence-electron chi connectivity index (χ3n) is 11.1. The van der Waals surface area contributed by atoms with Crippen LogP contribution in [0.4, 0.5) is 34.1 Å². The first kappa shape index (κ1) is 35.1. The van der Waals surface area contributed by atoms with Crippen LogP contribution < -0.4 is 9.80 Å². The minimum atomic E-state index is -0.161. The van der Waals surface area contributed by atoms with Crippen LogP contribution in [0.15, 0.2) is 188 Å². The van der Waals surface area contributed by atoms with Crippen LogP contribution in [0.2, 0.25) is 0 Å². The van der Waals surface area contributed by atoms with E-state index < -0.39 is 0 Å². The van der Waals surface area contributed by atoms with E-state index in [0.29, 0.717) is 0 Å². The quantitative estimate of drug-likeness (QED) is 0.151. The number of benzene rings is 9. The second-order valence-electron chi connectivity index (χ2n) is 16.0. The number of aryl methyl sites for hydroxylation is 2. The normalized spacial score (nSPS) is 11.7. The highest BCUT2D eigenvalue weighted by molar-refractivity contribution is 6.15. The molecule has 0 atom stereocenters. The fourth-order valence-corrected chi connectivity index (χ4v) is 8.06. The Labute approximate surface area is 330 Å². The number of rotatable bonds is 7. The summed E-state index contributed by atoms with van der Waals surface area (Å²) in [5.41, 5.74) is 12.6. The Morgan fingerprint density at radius 1 is 0.357 bits per heavy atom. The first-order valence-corrected chi connectivity index (χ1v) is 19.6. The van der Waals surface area contributed by atoms with Crippen molar-refractivity contribution < 1.29 is 0 Å². The topological polar surface area (TPSA) is 6.48 Å². The summed E-state index contributed by atoms with van der Waals surface area (Å²) in [5, 5.41) is 7.34. The molecule has 0 saturated heterocycles. The summed E-state index contributed by atoms with van der Waals surface area (Å²) in [7, 11) is 0. The predicted molar refractivity (Wildman–Crippen MR) is 242 cm³/mol. The molecule has 9 rings (SSSR count). The van der Waals surface area contributed by atoms with Gasteiger partial charge in [-0.3, -0.25) is 0 Å². The molecule has 2 heteroatoms. The van der Waals surface area contributed by atoms with Crippen LogP contribution >= 0.6 is 0 Å². The Hall–Kier alpha value is -6.64. The largest absolute Gasteiger partial charge is 0.310 e. The lowest BCUT2D eigenvalue weighted by Crippen LogP contribution is -2.19. The monoisotopic (exact) mass is 722 g/mol. The van der Waals surface area contributed by atoms with Gasteiger partial charge in [0.05, 0.1) is 17.1 Å². The molecule has 9 aromatic rings. The zero-order valence-corrected chi connectivity index (χ0v) is 32.8. The molecule has 0 bridgehead atoms. The SMILES string of the molecule is Cc1ccc(N(c2ccc3ccccc3c2)c2cc(C(C)(C)C)cc(N(c3ccc(C)cc3)c3cc4ccccc4c4ccccc34)c2-c2ccccc2)cc1. The second kappa shape index (κ2) is 14.2. The zero-order valence-electron chi connectivity index (χ0n) is 32.8. The Bertz CT molecular complexity index is 2850. The van der Waals surface area contributed by atoms with Gasteiger partial charge in [-0.2, -0.15) is 0 Å². The summed E-state index contributed by atoms with van der Waals surface area (Å²) in [6, 6.07) is 69.4. The molecule has 0 saturated carbocycles. The van der Waals surface area contributed by atoms with Gasteiger partial charge in [-0.15, -0.1) is 0 Å². The molecular weight excluding hydrogens is 677 g/mol. The third-order valence-corrected chi connectivity index (χ3v) is 11.1. The van der Waals surface area contributed by atoms with Crippen LogP contribution in [0.5, 0.6) is 0 Å². The lowest BCUT2D eigenvalue weighted by molar-refractivity contribution is 0.590. The Kier molecular flexibility index (Phi) is 8.90. The number of fused-ring (bicyclic) bond motifs is 4. The molecule has 0 aliphatic carbocycles. The highest BCUT2D eigenvalue weighted by atomic mass is 15.2. The van der Waals surface area contributed by atoms with Gasteiger partial charge >= 0.3 is 0 Å². The van der Waals surface area contributed by atoms with Crippen LogP contribution in [-0.4, -0.2) is 0 Å². The van der Waals surface area contributed by atoms with E-state index in [1.165, 1.54) is 49.0 Å². The van der Waals surface area contributed by atoms with Crippen molar-refractivity contribution in [2.45, 2.75) is 40.0 Å². The van der Waals surface area contributed by atoms with Crippen LogP contribution in [0, 0.1) is 13.8 Å². The van der Waals surface area contributed by atoms with Gasteiger partial charge in [0, 0.05) is 28.0 Å². The summed E-state index contributed by atoms with van der Waals surface area (Å²) in [6.45, 7) is 11.3. The lowest BCUT2D eigenvalue weighted by atomic mass is 9.83. The van der Waals surface area contributed by atoms with E-state index in [0.717, 1.165) is 45.3 Å². The molecule has 0 heterocycles. The van der Waals surface area contributed by atoms with E-state index in [1.807, 2.05) is 0 Å². The van der Waals surface area contributed by atoms with Gasteiger partial charge in [0.15, 0.2) is 0 Å². The fraction of sp³-hybridized carbons (Fsp3) is 0.111. The maximum Gasteiger partial charge on any atom is 0.0564 e. The van der Waals surface area contributed by atoms with Gasteiger partial charge in [-0.05, 0) is 112 Å². The molecular formula is C54H46N2. The van der Waals surface area contributed by atoms with Crippen molar-refractivity contribution in [3.63, 3.8) is 0 Å². The summed E-state index contributed by atoms with van der Waals surface area (Å²) < 4.78 is 0. The molecule has 272 valence electrons. The summed E-state index contributed by atoms with van der Waals surface area (Å²) >= 11 is 0. The minimum Gasteiger partial charge on any atom is -0.310 e. The Morgan fingerprint density at radius 2 is 0.857 bits per heavy atom. The molecule has 0 aliphatic heterocycles. The molecule has 0 unspecified atom stereocenters. The molecule has 0 aliphatic rings. The van der Waals surface area contributed by atoms with Gasteiger partial charge < -0.3 is 9.80 Å². The standard InChI is InChI=1S/C54H46N2/c1-37-23-28-44(29-24-37)55(46-32-27-39-15-9-10-18-41(39)33-46)51-35-43(54(3,4)5)36-52(53(51)40-16-7-6-8-17-40)56(45-30-25-38(2)26-31-45)50-34-42-19-11-12-20-47(42)48-21-13-14-22-49(48)50/h6-36H,1-5H3. The van der Waals surface area contributed by atoms with E-state index >= 15 is 0 Å². The van der Waals surface area contributed by atoms with Gasteiger partial charge in [0.2, 0.25) is 0 Å². The average Bonchev–Trinajstić information content (AvgIpc) is 3.22. The molecule has 9 aromatic carbocycles. The van der Waals surface area contributed by atoms with Crippen molar-refractivity contribution in [1.82, 2.24) is 0 Å². The lowest BCUT2D eigenvalue weighted by Gasteiger charge is -2.36. The van der Waals surface area contributed by atoms with Crippen molar-refractivity contribution in [3.05, 3.63) is 205 Å². The number of hydrogen-bond donors (Lipinski definition) is 0. The van der Waals surface area contributed by atoms with E-state index in [-0.39, 0.29) is 5.41 Å². The Morgan fingerprint density at radius 3 is 1.50 bits per heavy atom. The fourth-order valence-electron chi connectivity index (χ4n) is 8.06. The van der Waals surface area contributed by atoms with Gasteiger partial charge in [-0.1, -0.05) is 165 Å². The summed E-state index contributed by atoms with van der Waals surface area (Å²) in [4.78, 5) is 4.99. The molecule has 0 radical (unpaired) electrons. The molecule has 0 aromatic heterocycles. The average molecular weight is 723 g/mol. The molecule has 0 N–H and O–H groups in total. The van der Waals surface area contributed by atoms with Crippen molar-refractivity contribution in [1.29, 1.82) is 0 Å². The van der Waals surface area contributed by atoms with Crippen molar-refractivity contribution in [3.8, 4) is 11.1 Å². The first-order valence-electron chi connectivity index (χ1n) is 19.6. The molecule has 2 nitrogen and oxygen atoms in total. The number of nitrogens with zero attached hydrogens (tertiary/aromatic N) is 2. The van der Waals surface area contributed by atoms with Crippen molar-refractivity contribution in [2.24, 2.45) is 0 Å². The summed E-state index contributed by atoms with van der Waals surface area (Å²) in [5.74, 6) is 0. The van der Waals surface area contributed by atoms with Crippen LogP contribution in [-0.2, 0) is 5.41 Å². The van der Waals surface area contributed by atoms with Gasteiger partial charge in [0.25, 0.3) is 0 Å². The molecule has 56 heavy (non-hydrogen) atoms. The van der Waals surface area contributed by atoms with Crippen molar-refractivity contribution in [2.75, 3.05) is 9.80 Å². The zero-order chi connectivity index (χ0) is 38.4.